The third kappa shape index (κ3) is 6.28. The van der Waals surface area contributed by atoms with Crippen molar-refractivity contribution in [1.82, 2.24) is 0 Å². The van der Waals surface area contributed by atoms with Gasteiger partial charge in [-0.15, -0.1) is 0 Å². The smallest absolute Gasteiger partial charge is 0.330 e. The first-order valence-electron chi connectivity index (χ1n) is 13.1. The molecule has 3 aromatic carbocycles. The van der Waals surface area contributed by atoms with Crippen LogP contribution < -0.4 is 0 Å². The van der Waals surface area contributed by atoms with E-state index in [1.54, 1.807) is 12.1 Å². The minimum atomic E-state index is -1.83. The molecule has 1 saturated heterocycles. The Hall–Kier alpha value is -5.15. The Labute approximate surface area is 248 Å². The fraction of sp³-hybridized carbons (Fsp3) is 0.233. The van der Waals surface area contributed by atoms with Crippen molar-refractivity contribution in [2.24, 2.45) is 0 Å². The van der Waals surface area contributed by atoms with Gasteiger partial charge in [0.2, 0.25) is 6.29 Å². The van der Waals surface area contributed by atoms with E-state index >= 15 is 0 Å². The third-order valence-electron chi connectivity index (χ3n) is 6.97. The van der Waals surface area contributed by atoms with Crippen LogP contribution in [0.1, 0.15) is 22.8 Å². The Balaban J connectivity index is 1.37. The van der Waals surface area contributed by atoms with Crippen molar-refractivity contribution in [3.05, 3.63) is 77.1 Å². The first-order chi connectivity index (χ1) is 20.9. The zero-order valence-electron chi connectivity index (χ0n) is 22.6. The molecule has 1 unspecified atom stereocenters. The molecule has 2 aliphatic heterocycles. The highest BCUT2D eigenvalue weighted by Gasteiger charge is 2.47. The van der Waals surface area contributed by atoms with Gasteiger partial charge in [-0.2, -0.15) is 0 Å². The molecular formula is C30H29O14+. The van der Waals surface area contributed by atoms with Gasteiger partial charge in [-0.3, -0.25) is 0 Å². The van der Waals surface area contributed by atoms with Crippen molar-refractivity contribution in [1.29, 1.82) is 0 Å². The number of rotatable bonds is 7. The number of aliphatic hydroxyl groups is 4. The summed E-state index contributed by atoms with van der Waals surface area (Å²) in [7, 11) is 0. The van der Waals surface area contributed by atoms with Crippen LogP contribution in [-0.2, 0) is 19.0 Å². The van der Waals surface area contributed by atoms with Crippen LogP contribution >= 0.6 is 0 Å². The van der Waals surface area contributed by atoms with Gasteiger partial charge in [-0.1, -0.05) is 12.1 Å². The van der Waals surface area contributed by atoms with Crippen LogP contribution in [-0.4, -0.2) is 94.0 Å². The number of aliphatic hydroxyl groups excluding tert-OH is 3. The molecule has 44 heavy (non-hydrogen) atoms. The molecule has 14 nitrogen and oxygen atoms in total. The lowest BCUT2D eigenvalue weighted by molar-refractivity contribution is -0.296. The van der Waals surface area contributed by atoms with Crippen LogP contribution in [0.25, 0.3) is 12.2 Å². The zero-order chi connectivity index (χ0) is 31.7. The van der Waals surface area contributed by atoms with Gasteiger partial charge in [-0.25, -0.2) is 4.79 Å². The number of carbonyl (C=O) groups is 1. The topological polar surface area (TPSA) is 240 Å². The summed E-state index contributed by atoms with van der Waals surface area (Å²) >= 11 is 0. The SMILES string of the molecule is O=C(/C=C/c1ccc(O)cc1)OC[C@H]1O[C@@H](OC2=Cc3c(O)cc(O)cc3[OH+]C2c2cc(O)c(O)c(O)c2)[C@H](O)[C@@H](O)[C@H]1O. The number of benzene rings is 3. The summed E-state index contributed by atoms with van der Waals surface area (Å²) in [5, 5.41) is 91.4. The molecule has 232 valence electrons. The van der Waals surface area contributed by atoms with Crippen LogP contribution in [0, 0.1) is 0 Å². The fourth-order valence-corrected chi connectivity index (χ4v) is 4.66. The van der Waals surface area contributed by atoms with Crippen molar-refractivity contribution in [2.45, 2.75) is 36.8 Å². The molecule has 0 aromatic heterocycles. The number of phenols is 6. The van der Waals surface area contributed by atoms with Gasteiger partial charge >= 0.3 is 5.97 Å². The highest BCUT2D eigenvalue weighted by molar-refractivity contribution is 5.87. The van der Waals surface area contributed by atoms with Crippen molar-refractivity contribution in [3.63, 3.8) is 0 Å². The second-order valence-electron chi connectivity index (χ2n) is 10.1. The summed E-state index contributed by atoms with van der Waals surface area (Å²) in [6, 6.07) is 10.4. The lowest BCUT2D eigenvalue weighted by Crippen LogP contribution is -2.59. The molecular weight excluding hydrogens is 584 g/mol. The summed E-state index contributed by atoms with van der Waals surface area (Å²) in [5.41, 5.74) is 0.770. The van der Waals surface area contributed by atoms with Gasteiger partial charge in [0.15, 0.2) is 23.0 Å². The highest BCUT2D eigenvalue weighted by Crippen LogP contribution is 2.47. The van der Waals surface area contributed by atoms with Crippen LogP contribution in [0.2, 0.25) is 0 Å². The summed E-state index contributed by atoms with van der Waals surface area (Å²) in [6.45, 7) is -0.557. The van der Waals surface area contributed by atoms with Crippen LogP contribution in [0.15, 0.2) is 60.4 Å². The van der Waals surface area contributed by atoms with E-state index < -0.39 is 66.6 Å². The molecule has 2 aliphatic rings. The maximum atomic E-state index is 12.3. The minimum Gasteiger partial charge on any atom is -0.571 e. The second-order valence-corrected chi connectivity index (χ2v) is 10.1. The van der Waals surface area contributed by atoms with E-state index in [1.807, 2.05) is 0 Å². The van der Waals surface area contributed by atoms with Crippen LogP contribution in [0.4, 0.5) is 0 Å². The van der Waals surface area contributed by atoms with Crippen molar-refractivity contribution in [3.8, 4) is 40.2 Å². The van der Waals surface area contributed by atoms with E-state index in [9.17, 15) is 50.8 Å². The second kappa shape index (κ2) is 12.2. The largest absolute Gasteiger partial charge is 0.571 e. The van der Waals surface area contributed by atoms with Crippen molar-refractivity contribution >= 4 is 18.1 Å². The van der Waals surface area contributed by atoms with Gasteiger partial charge in [0.25, 0.3) is 11.9 Å². The van der Waals surface area contributed by atoms with E-state index in [-0.39, 0.29) is 39.9 Å². The monoisotopic (exact) mass is 613 g/mol. The molecule has 0 amide bonds. The molecule has 10 N–H and O–H groups in total. The van der Waals surface area contributed by atoms with Gasteiger partial charge in [0, 0.05) is 18.2 Å². The number of aromatic hydroxyl groups is 7. The molecule has 1 fully saturated rings. The quantitative estimate of drug-likeness (QED) is 0.0792. The first kappa shape index (κ1) is 30.3. The van der Waals surface area contributed by atoms with E-state index in [4.69, 9.17) is 14.2 Å². The highest BCUT2D eigenvalue weighted by atomic mass is 16.7. The predicted octanol–water partition coefficient (Wildman–Crippen LogP) is 1.34. The lowest BCUT2D eigenvalue weighted by atomic mass is 9.98. The molecule has 0 aliphatic carbocycles. The van der Waals surface area contributed by atoms with Crippen molar-refractivity contribution in [2.75, 3.05) is 6.61 Å². The maximum Gasteiger partial charge on any atom is 0.330 e. The number of esters is 1. The molecule has 0 bridgehead atoms. The van der Waals surface area contributed by atoms with E-state index in [2.05, 4.69) is 4.74 Å². The van der Waals surface area contributed by atoms with Crippen LogP contribution in [0.3, 0.4) is 0 Å². The van der Waals surface area contributed by atoms with E-state index in [0.29, 0.717) is 5.56 Å². The summed E-state index contributed by atoms with van der Waals surface area (Å²) in [6.07, 6.45) is -5.79. The molecule has 6 atom stereocenters. The normalized spacial score (nSPS) is 24.7. The maximum absolute atomic E-state index is 12.3. The van der Waals surface area contributed by atoms with Crippen molar-refractivity contribution < 1.29 is 69.7 Å². The zero-order valence-corrected chi connectivity index (χ0v) is 22.6. The number of hydrogen-bond acceptors (Lipinski definition) is 13. The Morgan fingerprint density at radius 3 is 2.20 bits per heavy atom. The van der Waals surface area contributed by atoms with Gasteiger partial charge < -0.3 is 64.9 Å². The molecule has 0 spiro atoms. The van der Waals surface area contributed by atoms with E-state index in [0.717, 1.165) is 24.3 Å². The lowest BCUT2D eigenvalue weighted by Gasteiger charge is -2.40. The fourth-order valence-electron chi connectivity index (χ4n) is 4.66. The third-order valence-corrected chi connectivity index (χ3v) is 6.97. The number of phenolic OH excluding ortho intramolecular Hbond substituents is 6. The van der Waals surface area contributed by atoms with Crippen LogP contribution in [0.5, 0.6) is 40.2 Å². The Kier molecular flexibility index (Phi) is 8.42. The van der Waals surface area contributed by atoms with Gasteiger partial charge in [-0.05, 0) is 35.9 Å². The molecule has 3 aromatic rings. The predicted molar refractivity (Wildman–Crippen MR) is 149 cm³/mol. The Morgan fingerprint density at radius 1 is 0.841 bits per heavy atom. The number of fused-ring (bicyclic) bond motifs is 1. The number of hydrogen-bond donors (Lipinski definition) is 9. The molecule has 14 heteroatoms. The summed E-state index contributed by atoms with van der Waals surface area (Å²) in [5.74, 6) is -3.66. The van der Waals surface area contributed by atoms with Gasteiger partial charge in [0.05, 0.1) is 11.6 Å². The molecule has 0 radical (unpaired) electrons. The molecule has 2 heterocycles. The minimum absolute atomic E-state index is 0.0503. The average Bonchev–Trinajstić information content (AvgIpc) is 2.98. The number of ether oxygens (including phenoxy) is 4. The summed E-state index contributed by atoms with van der Waals surface area (Å²) < 4.78 is 21.1. The van der Waals surface area contributed by atoms with Gasteiger partial charge in [0.1, 0.15) is 53.8 Å². The number of carbonyl (C=O) groups excluding carboxylic acids is 1. The first-order valence-corrected chi connectivity index (χ1v) is 13.1. The molecule has 5 rings (SSSR count). The Morgan fingerprint density at radius 2 is 1.52 bits per heavy atom. The Bertz CT molecular complexity index is 1570. The summed E-state index contributed by atoms with van der Waals surface area (Å²) in [4.78, 5) is 12.3. The van der Waals surface area contributed by atoms with E-state index in [1.165, 1.54) is 30.4 Å². The standard InChI is InChI=1S/C30H28O14/c31-15-4-1-13(2-5-15)3-6-24(36)41-12-23-26(38)27(39)28(40)30(44-23)43-22-11-17-18(33)9-16(32)10-21(17)42-29(22)14-7-19(34)25(37)20(35)8-14/h1-11,23,26-35,37-40H,12H2/p+1/b6-3+/t23-,26+,27+,28-,29?,30-/m1/s1. The molecule has 0 saturated carbocycles. The average molecular weight is 614 g/mol.